The minimum Gasteiger partial charge on any atom is -0.491 e. The quantitative estimate of drug-likeness (QED) is 0.112. The monoisotopic (exact) mass is 522 g/mol. The van der Waals surface area contributed by atoms with Crippen LogP contribution in [0.5, 0.6) is 5.75 Å². The van der Waals surface area contributed by atoms with Crippen molar-refractivity contribution in [3.8, 4) is 5.75 Å². The number of esters is 2. The zero-order valence-electron chi connectivity index (χ0n) is 20.6. The number of amides is 2. The number of hydrogen-bond donors (Lipinski definition) is 3. The molecule has 37 heavy (non-hydrogen) atoms. The Labute approximate surface area is 215 Å². The van der Waals surface area contributed by atoms with Gasteiger partial charge in [0.1, 0.15) is 25.1 Å². The summed E-state index contributed by atoms with van der Waals surface area (Å²) in [6.45, 7) is 7.27. The molecule has 0 bridgehead atoms. The molecule has 0 aliphatic heterocycles. The van der Waals surface area contributed by atoms with E-state index in [-0.39, 0.29) is 39.6 Å². The minimum atomic E-state index is -1.03. The highest BCUT2D eigenvalue weighted by Crippen LogP contribution is 2.13. The summed E-state index contributed by atoms with van der Waals surface area (Å²) < 4.78 is 25.0. The molecule has 3 N–H and O–H groups in total. The zero-order valence-corrected chi connectivity index (χ0v) is 20.6. The van der Waals surface area contributed by atoms with Crippen molar-refractivity contribution in [2.75, 3.05) is 46.1 Å². The van der Waals surface area contributed by atoms with Crippen LogP contribution in [0.3, 0.4) is 0 Å². The predicted molar refractivity (Wildman–Crippen MR) is 132 cm³/mol. The molecule has 1 aromatic carbocycles. The van der Waals surface area contributed by atoms with Crippen LogP contribution in [0.4, 0.5) is 9.59 Å². The summed E-state index contributed by atoms with van der Waals surface area (Å²) in [5.41, 5.74) is 0.913. The van der Waals surface area contributed by atoms with Gasteiger partial charge in [-0.25, -0.2) is 19.2 Å². The Morgan fingerprint density at radius 1 is 0.784 bits per heavy atom. The van der Waals surface area contributed by atoms with E-state index < -0.39 is 30.2 Å². The molecule has 1 unspecified atom stereocenters. The molecule has 0 aromatic heterocycles. The van der Waals surface area contributed by atoms with E-state index in [1.165, 1.54) is 0 Å². The van der Waals surface area contributed by atoms with Crippen LogP contribution in [0.25, 0.3) is 0 Å². The van der Waals surface area contributed by atoms with E-state index in [1.807, 2.05) is 0 Å². The molecule has 1 aromatic rings. The zero-order chi connectivity index (χ0) is 27.3. The number of alkyl carbamates (subject to hydrolysis) is 2. The number of nitrogens with one attached hydrogen (secondary N) is 2. The van der Waals surface area contributed by atoms with Crippen molar-refractivity contribution in [2.24, 2.45) is 0 Å². The van der Waals surface area contributed by atoms with Crippen LogP contribution in [0.15, 0.2) is 49.6 Å². The second-order valence-corrected chi connectivity index (χ2v) is 7.40. The Kier molecular flexibility index (Phi) is 16.0. The molecule has 0 fully saturated rings. The van der Waals surface area contributed by atoms with Gasteiger partial charge in [-0.2, -0.15) is 0 Å². The number of carbonyl (C=O) groups excluding carboxylic acids is 4. The van der Waals surface area contributed by atoms with Crippen molar-refractivity contribution in [3.05, 3.63) is 55.1 Å². The lowest BCUT2D eigenvalue weighted by Crippen LogP contribution is -2.31. The van der Waals surface area contributed by atoms with Crippen LogP contribution in [0.1, 0.15) is 18.4 Å². The van der Waals surface area contributed by atoms with Gasteiger partial charge in [-0.05, 0) is 30.5 Å². The van der Waals surface area contributed by atoms with Gasteiger partial charge in [0.05, 0.1) is 19.8 Å². The summed E-state index contributed by atoms with van der Waals surface area (Å²) in [6, 6.07) is 7.01. The highest BCUT2D eigenvalue weighted by molar-refractivity contribution is 5.81. The fourth-order valence-electron chi connectivity index (χ4n) is 2.52. The van der Waals surface area contributed by atoms with Gasteiger partial charge in [-0.3, -0.25) is 0 Å². The predicted octanol–water partition coefficient (Wildman–Crippen LogP) is 1.66. The summed E-state index contributed by atoms with van der Waals surface area (Å²) >= 11 is 0. The van der Waals surface area contributed by atoms with Crippen LogP contribution >= 0.6 is 0 Å². The van der Waals surface area contributed by atoms with Crippen LogP contribution in [-0.4, -0.2) is 81.5 Å². The van der Waals surface area contributed by atoms with E-state index >= 15 is 0 Å². The first-order valence-corrected chi connectivity index (χ1v) is 11.6. The first kappa shape index (κ1) is 31.0. The van der Waals surface area contributed by atoms with Crippen molar-refractivity contribution in [2.45, 2.75) is 25.4 Å². The van der Waals surface area contributed by atoms with E-state index in [0.29, 0.717) is 31.6 Å². The first-order chi connectivity index (χ1) is 17.8. The maximum Gasteiger partial charge on any atom is 0.407 e. The van der Waals surface area contributed by atoms with Crippen LogP contribution in [-0.2, 0) is 35.0 Å². The summed E-state index contributed by atoms with van der Waals surface area (Å²) in [6.07, 6.45) is 1.19. The molecule has 0 saturated heterocycles. The van der Waals surface area contributed by atoms with E-state index in [0.717, 1.165) is 17.7 Å². The first-order valence-electron chi connectivity index (χ1n) is 11.6. The molecule has 0 heterocycles. The number of ether oxygens (including phenoxy) is 5. The molecule has 1 rings (SSSR count). The molecular formula is C25H34N2O10. The Morgan fingerprint density at radius 2 is 1.32 bits per heavy atom. The topological polar surface area (TPSA) is 159 Å². The fraction of sp³-hybridized carbons (Fsp3) is 0.440. The molecule has 2 amide bonds. The summed E-state index contributed by atoms with van der Waals surface area (Å²) in [7, 11) is 0. The van der Waals surface area contributed by atoms with Gasteiger partial charge in [0.15, 0.2) is 0 Å². The normalized spacial score (nSPS) is 10.8. The maximum atomic E-state index is 11.6. The van der Waals surface area contributed by atoms with E-state index in [4.69, 9.17) is 23.7 Å². The minimum absolute atomic E-state index is 0.0831. The largest absolute Gasteiger partial charge is 0.491 e. The second kappa shape index (κ2) is 19.2. The lowest BCUT2D eigenvalue weighted by Gasteiger charge is -2.13. The summed E-state index contributed by atoms with van der Waals surface area (Å²) in [5, 5.41) is 15.0. The summed E-state index contributed by atoms with van der Waals surface area (Å²) in [4.78, 5) is 45.0. The van der Waals surface area contributed by atoms with Crippen molar-refractivity contribution < 1.29 is 48.0 Å². The highest BCUT2D eigenvalue weighted by atomic mass is 16.6. The van der Waals surface area contributed by atoms with Crippen LogP contribution < -0.4 is 15.4 Å². The van der Waals surface area contributed by atoms with Gasteiger partial charge < -0.3 is 39.4 Å². The Balaban J connectivity index is 2.12. The van der Waals surface area contributed by atoms with Crippen LogP contribution in [0, 0.1) is 0 Å². The third kappa shape index (κ3) is 16.3. The van der Waals surface area contributed by atoms with Gasteiger partial charge in [0.2, 0.25) is 0 Å². The van der Waals surface area contributed by atoms with Crippen molar-refractivity contribution >= 4 is 24.1 Å². The molecule has 0 aliphatic rings. The number of carbonyl (C=O) groups is 4. The van der Waals surface area contributed by atoms with E-state index in [2.05, 4.69) is 23.8 Å². The second-order valence-electron chi connectivity index (χ2n) is 7.40. The average molecular weight is 523 g/mol. The lowest BCUT2D eigenvalue weighted by atomic mass is 10.1. The molecule has 204 valence electrons. The Hall–Kier alpha value is -4.06. The Morgan fingerprint density at radius 3 is 1.86 bits per heavy atom. The van der Waals surface area contributed by atoms with Gasteiger partial charge in [-0.1, -0.05) is 25.3 Å². The molecule has 12 nitrogen and oxygen atoms in total. The Bertz CT molecular complexity index is 873. The lowest BCUT2D eigenvalue weighted by molar-refractivity contribution is -0.138. The third-order valence-electron chi connectivity index (χ3n) is 4.40. The number of rotatable bonds is 18. The molecule has 0 aliphatic carbocycles. The smallest absolute Gasteiger partial charge is 0.407 e. The van der Waals surface area contributed by atoms with Gasteiger partial charge in [0, 0.05) is 31.7 Å². The van der Waals surface area contributed by atoms with Crippen LogP contribution in [0.2, 0.25) is 0 Å². The molecular weight excluding hydrogens is 488 g/mol. The van der Waals surface area contributed by atoms with E-state index in [9.17, 15) is 24.3 Å². The number of aliphatic hydroxyl groups is 1. The number of benzene rings is 1. The van der Waals surface area contributed by atoms with Crippen molar-refractivity contribution in [1.82, 2.24) is 10.6 Å². The van der Waals surface area contributed by atoms with Crippen molar-refractivity contribution in [3.63, 3.8) is 0 Å². The summed E-state index contributed by atoms with van der Waals surface area (Å²) in [5.74, 6) is -0.533. The van der Waals surface area contributed by atoms with Crippen molar-refractivity contribution in [1.29, 1.82) is 0 Å². The maximum absolute atomic E-state index is 11.6. The molecule has 0 radical (unpaired) electrons. The molecule has 12 heteroatoms. The number of hydrogen-bond acceptors (Lipinski definition) is 10. The molecule has 1 atom stereocenters. The van der Waals surface area contributed by atoms with Gasteiger partial charge in [0.25, 0.3) is 0 Å². The molecule has 0 spiro atoms. The highest BCUT2D eigenvalue weighted by Gasteiger charge is 2.10. The molecule has 0 saturated carbocycles. The number of aliphatic hydroxyl groups excluding tert-OH is 1. The standard InChI is InChI=1S/C25H34N2O10/c1-3-22(29)33-14-5-12-26-24(31)35-16-11-19-7-9-21(10-8-19)36-17-20(28)18-37-25(32)27-13-6-15-34-23(30)4-2/h3-4,7-10,20,28H,1-2,5-6,11-18H2,(H,26,31)(H,27,32). The van der Waals surface area contributed by atoms with E-state index in [1.54, 1.807) is 24.3 Å². The van der Waals surface area contributed by atoms with Gasteiger partial charge >= 0.3 is 24.1 Å². The average Bonchev–Trinajstić information content (AvgIpc) is 2.90. The SMILES string of the molecule is C=CC(=O)OCCCNC(=O)OCCc1ccc(OCC(O)COC(=O)NCCCOC(=O)C=C)cc1. The fourth-order valence-corrected chi connectivity index (χ4v) is 2.52. The van der Waals surface area contributed by atoms with Gasteiger partial charge in [-0.15, -0.1) is 0 Å². The third-order valence-corrected chi connectivity index (χ3v) is 4.40.